The monoisotopic (exact) mass is 644 g/mol. The predicted molar refractivity (Wildman–Crippen MR) is 174 cm³/mol. The highest BCUT2D eigenvalue weighted by Crippen LogP contribution is 2.45. The Morgan fingerprint density at radius 3 is 2.19 bits per heavy atom. The Morgan fingerprint density at radius 1 is 0.957 bits per heavy atom. The van der Waals surface area contributed by atoms with Gasteiger partial charge in [-0.15, -0.1) is 0 Å². The first-order valence-corrected chi connectivity index (χ1v) is 15.9. The second-order valence-electron chi connectivity index (χ2n) is 13.5. The van der Waals surface area contributed by atoms with Crippen LogP contribution in [-0.4, -0.2) is 94.4 Å². The third-order valence-corrected chi connectivity index (χ3v) is 8.63. The van der Waals surface area contributed by atoms with E-state index < -0.39 is 41.1 Å². The van der Waals surface area contributed by atoms with Crippen LogP contribution < -0.4 is 10.6 Å². The molecule has 2 fully saturated rings. The summed E-state index contributed by atoms with van der Waals surface area (Å²) in [5.41, 5.74) is 1.01. The van der Waals surface area contributed by atoms with E-state index in [0.717, 1.165) is 11.1 Å². The molecule has 0 bridgehead atoms. The maximum absolute atomic E-state index is 14.0. The van der Waals surface area contributed by atoms with E-state index in [0.29, 0.717) is 12.1 Å². The summed E-state index contributed by atoms with van der Waals surface area (Å²) in [6.07, 6.45) is 2.12. The lowest BCUT2D eigenvalue weighted by atomic mass is 9.71. The van der Waals surface area contributed by atoms with E-state index in [1.807, 2.05) is 60.7 Å². The Bertz CT molecular complexity index is 1560. The summed E-state index contributed by atoms with van der Waals surface area (Å²) < 4.78 is 13.3. The minimum atomic E-state index is -0.976. The highest BCUT2D eigenvalue weighted by molar-refractivity contribution is 5.95. The number of carbonyl (C=O) groups excluding carboxylic acids is 4. The minimum Gasteiger partial charge on any atom is -0.444 e. The molecule has 2 aliphatic heterocycles. The molecule has 0 saturated carbocycles. The first-order chi connectivity index (χ1) is 22.4. The van der Waals surface area contributed by atoms with Crippen LogP contribution in [0.1, 0.15) is 49.2 Å². The summed E-state index contributed by atoms with van der Waals surface area (Å²) in [6.45, 7) is 8.77. The molecule has 12 nitrogen and oxygen atoms in total. The molecular weight excluding hydrogens is 600 g/mol. The molecule has 1 spiro atoms. The Kier molecular flexibility index (Phi) is 9.99. The van der Waals surface area contributed by atoms with Gasteiger partial charge in [-0.2, -0.15) is 5.10 Å². The minimum absolute atomic E-state index is 0.121. The molecule has 0 aliphatic carbocycles. The molecule has 47 heavy (non-hydrogen) atoms. The highest BCUT2D eigenvalue weighted by Gasteiger charge is 2.59. The average molecular weight is 645 g/mol. The van der Waals surface area contributed by atoms with Crippen LogP contribution in [-0.2, 0) is 32.2 Å². The van der Waals surface area contributed by atoms with E-state index in [2.05, 4.69) is 15.7 Å². The lowest BCUT2D eigenvalue weighted by molar-refractivity contribution is -0.139. The van der Waals surface area contributed by atoms with Crippen molar-refractivity contribution < 1.29 is 28.7 Å². The standard InChI is InChI=1S/C35H44N6O6/c1-24(46-20-26-14-10-7-11-15-26)29(31(43)36-5)38-30(42)28-19-39(21-35(28)22-40(23-35)33(45)47-34(2,3)4)32(44)27-16-37-41(18-27)17-25-12-8-6-9-13-25/h6-16,18,24,28-29H,17,19-23H2,1-5H3,(H,36,43)(H,38,42)/t24-,28+,29+/m1/s1. The zero-order valence-electron chi connectivity index (χ0n) is 27.6. The zero-order chi connectivity index (χ0) is 33.8. The van der Waals surface area contributed by atoms with Crippen LogP contribution in [0.2, 0.25) is 0 Å². The smallest absolute Gasteiger partial charge is 0.410 e. The molecule has 2 N–H and O–H groups in total. The van der Waals surface area contributed by atoms with Gasteiger partial charge in [0.1, 0.15) is 11.6 Å². The van der Waals surface area contributed by atoms with Crippen LogP contribution in [0.25, 0.3) is 0 Å². The fourth-order valence-electron chi connectivity index (χ4n) is 6.19. The summed E-state index contributed by atoms with van der Waals surface area (Å²) in [7, 11) is 1.51. The van der Waals surface area contributed by atoms with Crippen molar-refractivity contribution in [2.24, 2.45) is 11.3 Å². The van der Waals surface area contributed by atoms with Crippen LogP contribution in [0.3, 0.4) is 0 Å². The van der Waals surface area contributed by atoms with Gasteiger partial charge in [0, 0.05) is 44.8 Å². The van der Waals surface area contributed by atoms with Gasteiger partial charge >= 0.3 is 6.09 Å². The molecule has 3 atom stereocenters. The molecule has 2 saturated heterocycles. The number of hydrogen-bond donors (Lipinski definition) is 2. The predicted octanol–water partition coefficient (Wildman–Crippen LogP) is 3.08. The fourth-order valence-corrected chi connectivity index (χ4v) is 6.19. The van der Waals surface area contributed by atoms with Gasteiger partial charge in [-0.1, -0.05) is 60.7 Å². The topological polar surface area (TPSA) is 135 Å². The molecule has 1 aromatic heterocycles. The molecule has 4 amide bonds. The second kappa shape index (κ2) is 14.0. The molecule has 2 aliphatic rings. The number of rotatable bonds is 10. The lowest BCUT2D eigenvalue weighted by Crippen LogP contribution is -2.65. The SMILES string of the molecule is CNC(=O)[C@@H](NC(=O)[C@@H]1CN(C(=O)c2cnn(Cc3ccccc3)c2)CC12CN(C(=O)OC(C)(C)C)C2)[C@@H](C)OCc1ccccc1. The Morgan fingerprint density at radius 2 is 1.57 bits per heavy atom. The molecule has 5 rings (SSSR count). The van der Waals surface area contributed by atoms with Crippen molar-refractivity contribution in [3.63, 3.8) is 0 Å². The molecule has 3 aromatic rings. The molecule has 0 radical (unpaired) electrons. The van der Waals surface area contributed by atoms with Gasteiger partial charge < -0.3 is 29.9 Å². The number of hydrogen-bond acceptors (Lipinski definition) is 7. The van der Waals surface area contributed by atoms with Crippen molar-refractivity contribution in [2.75, 3.05) is 33.2 Å². The van der Waals surface area contributed by atoms with Gasteiger partial charge in [0.25, 0.3) is 5.91 Å². The van der Waals surface area contributed by atoms with Crippen LogP contribution in [0.4, 0.5) is 4.79 Å². The van der Waals surface area contributed by atoms with E-state index in [9.17, 15) is 19.2 Å². The quantitative estimate of drug-likeness (QED) is 0.347. The summed E-state index contributed by atoms with van der Waals surface area (Å²) in [5.74, 6) is -1.71. The zero-order valence-corrected chi connectivity index (χ0v) is 27.6. The Balaban J connectivity index is 1.32. The normalized spacial score (nSPS) is 18.3. The highest BCUT2D eigenvalue weighted by atomic mass is 16.6. The van der Waals surface area contributed by atoms with Gasteiger partial charge in [-0.05, 0) is 38.8 Å². The van der Waals surface area contributed by atoms with E-state index in [-0.39, 0.29) is 44.6 Å². The average Bonchev–Trinajstić information content (AvgIpc) is 3.67. The van der Waals surface area contributed by atoms with Crippen LogP contribution >= 0.6 is 0 Å². The third kappa shape index (κ3) is 7.99. The number of nitrogens with one attached hydrogen (secondary N) is 2. The largest absolute Gasteiger partial charge is 0.444 e. The van der Waals surface area contributed by atoms with Crippen molar-refractivity contribution in [1.82, 2.24) is 30.2 Å². The number of ether oxygens (including phenoxy) is 2. The summed E-state index contributed by atoms with van der Waals surface area (Å²) >= 11 is 0. The number of aromatic nitrogens is 2. The number of nitrogens with zero attached hydrogens (tertiary/aromatic N) is 4. The van der Waals surface area contributed by atoms with Crippen molar-refractivity contribution >= 4 is 23.8 Å². The molecule has 250 valence electrons. The van der Waals surface area contributed by atoms with Crippen molar-refractivity contribution in [1.29, 1.82) is 0 Å². The molecule has 3 heterocycles. The first-order valence-electron chi connectivity index (χ1n) is 15.9. The Labute approximate surface area is 275 Å². The number of amides is 4. The summed E-state index contributed by atoms with van der Waals surface area (Å²) in [5, 5.41) is 9.93. The van der Waals surface area contributed by atoms with E-state index in [1.54, 1.807) is 48.4 Å². The number of likely N-dealkylation sites (tertiary alicyclic amines) is 2. The molecule has 2 aromatic carbocycles. The van der Waals surface area contributed by atoms with Crippen molar-refractivity contribution in [2.45, 2.75) is 58.6 Å². The summed E-state index contributed by atoms with van der Waals surface area (Å²) in [6, 6.07) is 18.4. The maximum Gasteiger partial charge on any atom is 0.410 e. The lowest BCUT2D eigenvalue weighted by Gasteiger charge is -2.50. The molecule has 0 unspecified atom stereocenters. The van der Waals surface area contributed by atoms with E-state index in [4.69, 9.17) is 9.47 Å². The molecule has 12 heteroatoms. The van der Waals surface area contributed by atoms with Crippen LogP contribution in [0.5, 0.6) is 0 Å². The van der Waals surface area contributed by atoms with Gasteiger partial charge in [-0.3, -0.25) is 19.1 Å². The van der Waals surface area contributed by atoms with E-state index in [1.165, 1.54) is 13.2 Å². The van der Waals surface area contributed by atoms with Gasteiger partial charge in [0.2, 0.25) is 11.8 Å². The maximum atomic E-state index is 14.0. The number of likely N-dealkylation sites (N-methyl/N-ethyl adjacent to an activating group) is 1. The number of carbonyl (C=O) groups is 4. The fraction of sp³-hybridized carbons (Fsp3) is 0.457. The third-order valence-electron chi connectivity index (χ3n) is 8.63. The second-order valence-corrected chi connectivity index (χ2v) is 13.5. The van der Waals surface area contributed by atoms with Gasteiger partial charge in [-0.25, -0.2) is 4.79 Å². The van der Waals surface area contributed by atoms with Crippen molar-refractivity contribution in [3.8, 4) is 0 Å². The molecular formula is C35H44N6O6. The van der Waals surface area contributed by atoms with Crippen LogP contribution in [0, 0.1) is 11.3 Å². The van der Waals surface area contributed by atoms with E-state index >= 15 is 0 Å². The van der Waals surface area contributed by atoms with Gasteiger partial charge in [0.05, 0.1) is 36.9 Å². The first kappa shape index (κ1) is 33.6. The Hall–Kier alpha value is -4.71. The number of benzene rings is 2. The van der Waals surface area contributed by atoms with Gasteiger partial charge in [0.15, 0.2) is 0 Å². The van der Waals surface area contributed by atoms with Crippen LogP contribution in [0.15, 0.2) is 73.1 Å². The van der Waals surface area contributed by atoms with Crippen molar-refractivity contribution in [3.05, 3.63) is 89.7 Å². The summed E-state index contributed by atoms with van der Waals surface area (Å²) in [4.78, 5) is 56.9.